The largest absolute Gasteiger partial charge is 0.368 e. The Kier molecular flexibility index (Phi) is 1.04. The van der Waals surface area contributed by atoms with E-state index >= 15 is 0 Å². The van der Waals surface area contributed by atoms with Gasteiger partial charge in [-0.05, 0) is 17.7 Å². The predicted octanol–water partition coefficient (Wildman–Crippen LogP) is 1.03. The molecule has 0 bridgehead atoms. The van der Waals surface area contributed by atoms with E-state index < -0.39 is 0 Å². The first-order chi connectivity index (χ1) is 5.93. The zero-order valence-corrected chi connectivity index (χ0v) is 6.32. The van der Waals surface area contributed by atoms with Gasteiger partial charge in [0.15, 0.2) is 0 Å². The zero-order chi connectivity index (χ0) is 7.97. The molecule has 2 aromatic rings. The molecule has 2 heterocycles. The molecule has 1 saturated heterocycles. The first kappa shape index (κ1) is 6.14. The first-order valence-corrected chi connectivity index (χ1v) is 3.85. The monoisotopic (exact) mass is 161 g/mol. The van der Waals surface area contributed by atoms with Crippen LogP contribution in [0.5, 0.6) is 0 Å². The molecule has 4 heteroatoms. The molecule has 1 aromatic carbocycles. The Bertz CT molecular complexity index is 419. The van der Waals surface area contributed by atoms with Crippen molar-refractivity contribution in [1.82, 2.24) is 15.4 Å². The summed E-state index contributed by atoms with van der Waals surface area (Å²) in [7, 11) is 0. The molecule has 1 unspecified atom stereocenters. The van der Waals surface area contributed by atoms with Crippen LogP contribution in [0.2, 0.25) is 0 Å². The maximum Gasteiger partial charge on any atom is 0.113 e. The highest BCUT2D eigenvalue weighted by Crippen LogP contribution is 2.30. The van der Waals surface area contributed by atoms with Gasteiger partial charge < -0.3 is 4.74 Å². The van der Waals surface area contributed by atoms with Gasteiger partial charge in [-0.2, -0.15) is 15.4 Å². The molecule has 0 radical (unpaired) electrons. The summed E-state index contributed by atoms with van der Waals surface area (Å²) in [6.45, 7) is 0.837. The third-order valence-electron chi connectivity index (χ3n) is 2.05. The normalized spacial score (nSPS) is 21.5. The molecule has 3 rings (SSSR count). The minimum Gasteiger partial charge on any atom is -0.368 e. The van der Waals surface area contributed by atoms with Gasteiger partial charge >= 0.3 is 0 Å². The summed E-state index contributed by atoms with van der Waals surface area (Å²) in [5.41, 5.74) is 3.00. The van der Waals surface area contributed by atoms with E-state index in [4.69, 9.17) is 4.74 Å². The van der Waals surface area contributed by atoms with Crippen LogP contribution in [0.1, 0.15) is 11.7 Å². The van der Waals surface area contributed by atoms with Crippen molar-refractivity contribution < 1.29 is 4.74 Å². The Hall–Kier alpha value is -1.42. The molecular weight excluding hydrogens is 154 g/mol. The summed E-state index contributed by atoms with van der Waals surface area (Å²) in [6.07, 6.45) is 0.297. The second-order valence-electron chi connectivity index (χ2n) is 2.89. The van der Waals surface area contributed by atoms with E-state index in [-0.39, 0.29) is 0 Å². The molecule has 60 valence electrons. The summed E-state index contributed by atoms with van der Waals surface area (Å²) in [4.78, 5) is 0. The maximum atomic E-state index is 5.16. The maximum absolute atomic E-state index is 5.16. The molecule has 1 aliphatic rings. The lowest BCUT2D eigenvalue weighted by Gasteiger charge is -1.92. The Morgan fingerprint density at radius 2 is 2.17 bits per heavy atom. The smallest absolute Gasteiger partial charge is 0.113 e. The highest BCUT2D eigenvalue weighted by molar-refractivity contribution is 5.74. The van der Waals surface area contributed by atoms with Gasteiger partial charge in [0, 0.05) is 0 Å². The number of benzene rings is 1. The van der Waals surface area contributed by atoms with Crippen LogP contribution in [0.4, 0.5) is 0 Å². The van der Waals surface area contributed by atoms with Gasteiger partial charge in [0.1, 0.15) is 17.1 Å². The van der Waals surface area contributed by atoms with Crippen LogP contribution in [-0.2, 0) is 4.74 Å². The highest BCUT2D eigenvalue weighted by Gasteiger charge is 2.24. The van der Waals surface area contributed by atoms with Crippen molar-refractivity contribution in [2.24, 2.45) is 0 Å². The predicted molar refractivity (Wildman–Crippen MR) is 42.6 cm³/mol. The van der Waals surface area contributed by atoms with Gasteiger partial charge in [0.25, 0.3) is 0 Å². The number of aromatic amines is 1. The molecule has 0 amide bonds. The van der Waals surface area contributed by atoms with Crippen LogP contribution in [0.3, 0.4) is 0 Å². The number of hydrogen-bond acceptors (Lipinski definition) is 3. The standard InChI is InChI=1S/C8H7N3O/c1-2-6-7(10-11-9-6)3-5(1)8-4-12-8/h1-3,8H,4H2,(H,9,10,11). The molecule has 1 N–H and O–H groups in total. The lowest BCUT2D eigenvalue weighted by molar-refractivity contribution is 0.416. The van der Waals surface area contributed by atoms with E-state index in [1.807, 2.05) is 18.2 Å². The molecule has 1 atom stereocenters. The fourth-order valence-corrected chi connectivity index (χ4v) is 1.30. The Labute approximate surface area is 68.5 Å². The highest BCUT2D eigenvalue weighted by atomic mass is 16.6. The van der Waals surface area contributed by atoms with Crippen LogP contribution in [-0.4, -0.2) is 22.0 Å². The van der Waals surface area contributed by atoms with Crippen molar-refractivity contribution in [2.75, 3.05) is 6.61 Å². The van der Waals surface area contributed by atoms with Crippen molar-refractivity contribution in [3.63, 3.8) is 0 Å². The minimum atomic E-state index is 0.297. The number of H-pyrrole nitrogens is 1. The quantitative estimate of drug-likeness (QED) is 0.635. The van der Waals surface area contributed by atoms with E-state index in [9.17, 15) is 0 Å². The van der Waals surface area contributed by atoms with Crippen molar-refractivity contribution in [1.29, 1.82) is 0 Å². The molecular formula is C8H7N3O. The van der Waals surface area contributed by atoms with E-state index in [0.717, 1.165) is 17.6 Å². The number of hydrogen-bond donors (Lipinski definition) is 1. The first-order valence-electron chi connectivity index (χ1n) is 3.85. The third-order valence-corrected chi connectivity index (χ3v) is 2.05. The average molecular weight is 161 g/mol. The fourth-order valence-electron chi connectivity index (χ4n) is 1.30. The topological polar surface area (TPSA) is 54.1 Å². The van der Waals surface area contributed by atoms with Crippen LogP contribution < -0.4 is 0 Å². The molecule has 12 heavy (non-hydrogen) atoms. The van der Waals surface area contributed by atoms with Crippen molar-refractivity contribution in [3.8, 4) is 0 Å². The number of nitrogens with one attached hydrogen (secondary N) is 1. The molecule has 0 aliphatic carbocycles. The number of aromatic nitrogens is 3. The van der Waals surface area contributed by atoms with Gasteiger partial charge in [-0.1, -0.05) is 6.07 Å². The van der Waals surface area contributed by atoms with E-state index in [2.05, 4.69) is 15.4 Å². The summed E-state index contributed by atoms with van der Waals surface area (Å²) < 4.78 is 5.16. The summed E-state index contributed by atoms with van der Waals surface area (Å²) in [5.74, 6) is 0. The Morgan fingerprint density at radius 1 is 1.33 bits per heavy atom. The zero-order valence-electron chi connectivity index (χ0n) is 6.32. The Balaban J connectivity index is 2.21. The second-order valence-corrected chi connectivity index (χ2v) is 2.89. The van der Waals surface area contributed by atoms with Crippen molar-refractivity contribution in [2.45, 2.75) is 6.10 Å². The number of fused-ring (bicyclic) bond motifs is 1. The molecule has 1 fully saturated rings. The third kappa shape index (κ3) is 0.816. The Morgan fingerprint density at radius 3 is 3.00 bits per heavy atom. The molecule has 4 nitrogen and oxygen atoms in total. The minimum absolute atomic E-state index is 0.297. The number of rotatable bonds is 1. The SMILES string of the molecule is c1cc2n[nH]nc2cc1C1CO1. The number of ether oxygens (including phenoxy) is 1. The van der Waals surface area contributed by atoms with E-state index in [1.54, 1.807) is 0 Å². The lowest BCUT2D eigenvalue weighted by atomic mass is 10.1. The van der Waals surface area contributed by atoms with Gasteiger partial charge in [-0.3, -0.25) is 0 Å². The fraction of sp³-hybridized carbons (Fsp3) is 0.250. The summed E-state index contributed by atoms with van der Waals surface area (Å²) in [6, 6.07) is 5.99. The van der Waals surface area contributed by atoms with Gasteiger partial charge in [0.2, 0.25) is 0 Å². The van der Waals surface area contributed by atoms with Crippen LogP contribution in [0, 0.1) is 0 Å². The van der Waals surface area contributed by atoms with Gasteiger partial charge in [-0.25, -0.2) is 0 Å². The molecule has 1 aromatic heterocycles. The van der Waals surface area contributed by atoms with Crippen LogP contribution in [0.25, 0.3) is 11.0 Å². The molecule has 1 aliphatic heterocycles. The second kappa shape index (κ2) is 2.04. The summed E-state index contributed by atoms with van der Waals surface area (Å²) >= 11 is 0. The summed E-state index contributed by atoms with van der Waals surface area (Å²) in [5, 5.41) is 10.5. The average Bonchev–Trinajstić information content (AvgIpc) is 2.84. The van der Waals surface area contributed by atoms with Crippen molar-refractivity contribution >= 4 is 11.0 Å². The lowest BCUT2D eigenvalue weighted by Crippen LogP contribution is -1.79. The van der Waals surface area contributed by atoms with Crippen LogP contribution >= 0.6 is 0 Å². The van der Waals surface area contributed by atoms with E-state index in [1.165, 1.54) is 5.56 Å². The molecule has 0 saturated carbocycles. The molecule has 0 spiro atoms. The van der Waals surface area contributed by atoms with Crippen LogP contribution in [0.15, 0.2) is 18.2 Å². The number of epoxide rings is 1. The number of nitrogens with zero attached hydrogens (tertiary/aromatic N) is 2. The van der Waals surface area contributed by atoms with E-state index in [0.29, 0.717) is 6.10 Å². The van der Waals surface area contributed by atoms with Gasteiger partial charge in [-0.15, -0.1) is 0 Å². The van der Waals surface area contributed by atoms with Crippen molar-refractivity contribution in [3.05, 3.63) is 23.8 Å². The van der Waals surface area contributed by atoms with Gasteiger partial charge in [0.05, 0.1) is 6.61 Å².